The number of hydrogen-bond donors (Lipinski definition) is 0. The summed E-state index contributed by atoms with van der Waals surface area (Å²) in [7, 11) is 0. The van der Waals surface area contributed by atoms with Crippen LogP contribution in [0.2, 0.25) is 0 Å². The van der Waals surface area contributed by atoms with E-state index in [0.29, 0.717) is 0 Å². The fraction of sp³-hybridized carbons (Fsp3) is 1.00. The van der Waals surface area contributed by atoms with Crippen LogP contribution in [0.1, 0.15) is 20.8 Å². The molecule has 0 heterocycles. The zero-order chi connectivity index (χ0) is 4.50. The fourth-order valence-corrected chi connectivity index (χ4v) is 0. The molecule has 0 rings (SSSR count). The molecule has 0 atom stereocenters. The van der Waals surface area contributed by atoms with Crippen LogP contribution in [0.5, 0.6) is 0 Å². The summed E-state index contributed by atoms with van der Waals surface area (Å²) in [5.41, 5.74) is -0.750. The summed E-state index contributed by atoms with van der Waals surface area (Å²) < 4.78 is 0. The maximum atomic E-state index is 10.1. The van der Waals surface area contributed by atoms with E-state index >= 15 is 0 Å². The Morgan fingerprint density at radius 2 is 1.14 bits per heavy atom. The average Bonchev–Trinajstić information content (AvgIpc) is 0.722. The van der Waals surface area contributed by atoms with Gasteiger partial charge in [-0.05, 0) is 0 Å². The van der Waals surface area contributed by atoms with Crippen molar-refractivity contribution in [3.8, 4) is 0 Å². The van der Waals surface area contributed by atoms with Crippen molar-refractivity contribution in [1.29, 1.82) is 0 Å². The Bertz CT molecular complexity index is 27.2. The Kier molecular flexibility index (Phi) is 12.0. The molecule has 0 saturated heterocycles. The van der Waals surface area contributed by atoms with Crippen molar-refractivity contribution < 1.29 is 22.1 Å². The third-order valence-electron chi connectivity index (χ3n) is 0. The van der Waals surface area contributed by atoms with Crippen molar-refractivity contribution in [2.24, 2.45) is 0 Å². The molecule has 3 heteroatoms. The zero-order valence-corrected chi connectivity index (χ0v) is 7.99. The van der Waals surface area contributed by atoms with Gasteiger partial charge >= 0.3 is 23.1 Å². The minimum atomic E-state index is -0.750. The van der Waals surface area contributed by atoms with E-state index < -0.39 is 5.60 Å². The van der Waals surface area contributed by atoms with Crippen LogP contribution in [0.15, 0.2) is 0 Å². The molecule has 0 aromatic rings. The Morgan fingerprint density at radius 1 is 1.14 bits per heavy atom. The molecule has 0 aliphatic heterocycles. The van der Waals surface area contributed by atoms with Crippen molar-refractivity contribution in [3.05, 3.63) is 0 Å². The van der Waals surface area contributed by atoms with E-state index in [1.54, 1.807) is 20.8 Å². The zero-order valence-electron chi connectivity index (χ0n) is 4.99. The first-order valence-electron chi connectivity index (χ1n) is 1.70. The van der Waals surface area contributed by atoms with E-state index in [9.17, 15) is 5.11 Å². The van der Waals surface area contributed by atoms with Gasteiger partial charge in [-0.3, -0.25) is 0 Å². The van der Waals surface area contributed by atoms with Crippen molar-refractivity contribution in [2.75, 3.05) is 0 Å². The molecule has 0 N–H and O–H groups in total. The second kappa shape index (κ2) is 5.35. The van der Waals surface area contributed by atoms with Crippen LogP contribution in [0.25, 0.3) is 0 Å². The molecule has 0 bridgehead atoms. The monoisotopic (exact) mass is 176 g/mol. The van der Waals surface area contributed by atoms with Gasteiger partial charge in [0.2, 0.25) is 0 Å². The topological polar surface area (TPSA) is 23.1 Å². The molecular formula is C4H9BrMgO. The molecule has 0 aromatic carbocycles. The third kappa shape index (κ3) is 134. The van der Waals surface area contributed by atoms with Gasteiger partial charge in [-0.2, -0.15) is 0 Å². The maximum Gasteiger partial charge on any atom is 2.00 e. The summed E-state index contributed by atoms with van der Waals surface area (Å²) in [6.45, 7) is 4.90. The van der Waals surface area contributed by atoms with E-state index in [-0.39, 0.29) is 40.0 Å². The molecule has 0 saturated carbocycles. The van der Waals surface area contributed by atoms with Gasteiger partial charge in [0.25, 0.3) is 0 Å². The summed E-state index contributed by atoms with van der Waals surface area (Å²) >= 11 is 0. The molecular weight excluding hydrogens is 168 g/mol. The molecule has 7 heavy (non-hydrogen) atoms. The second-order valence-corrected chi connectivity index (χ2v) is 2.11. The van der Waals surface area contributed by atoms with E-state index in [1.165, 1.54) is 0 Å². The van der Waals surface area contributed by atoms with Gasteiger partial charge in [-0.25, -0.2) is 0 Å². The molecule has 0 aliphatic carbocycles. The summed E-state index contributed by atoms with van der Waals surface area (Å²) in [5.74, 6) is 0. The van der Waals surface area contributed by atoms with Gasteiger partial charge in [0.15, 0.2) is 0 Å². The van der Waals surface area contributed by atoms with Gasteiger partial charge in [-0.15, -0.1) is 5.60 Å². The Morgan fingerprint density at radius 3 is 1.14 bits per heavy atom. The number of rotatable bonds is 0. The summed E-state index contributed by atoms with van der Waals surface area (Å²) in [5, 5.41) is 10.1. The van der Waals surface area contributed by atoms with E-state index in [0.717, 1.165) is 0 Å². The Labute approximate surface area is 71.4 Å². The Hall–Kier alpha value is 1.21. The van der Waals surface area contributed by atoms with Gasteiger partial charge in [0, 0.05) is 0 Å². The predicted octanol–water partition coefficient (Wildman–Crippen LogP) is -3.23. The van der Waals surface area contributed by atoms with Crippen LogP contribution in [-0.2, 0) is 0 Å². The standard InChI is InChI=1S/C4H9O.BrH.Mg/c1-4(2,3)5;;/h1-3H3;1H;/q-1;;+2/p-1. The largest absolute Gasteiger partial charge is 2.00 e. The molecule has 40 valence electrons. The first-order chi connectivity index (χ1) is 2.00. The van der Waals surface area contributed by atoms with Crippen molar-refractivity contribution in [2.45, 2.75) is 26.4 Å². The van der Waals surface area contributed by atoms with Crippen LogP contribution in [-0.4, -0.2) is 28.7 Å². The van der Waals surface area contributed by atoms with E-state index in [4.69, 9.17) is 0 Å². The Balaban J connectivity index is -0.0000000800. The molecule has 0 fully saturated rings. The van der Waals surface area contributed by atoms with E-state index in [2.05, 4.69) is 0 Å². The summed E-state index contributed by atoms with van der Waals surface area (Å²) in [6.07, 6.45) is 0. The average molecular weight is 177 g/mol. The molecule has 0 aliphatic rings. The summed E-state index contributed by atoms with van der Waals surface area (Å²) in [6, 6.07) is 0. The minimum absolute atomic E-state index is 0. The van der Waals surface area contributed by atoms with Crippen molar-refractivity contribution >= 4 is 23.1 Å². The predicted molar refractivity (Wildman–Crippen MR) is 25.5 cm³/mol. The number of halogens is 1. The smallest absolute Gasteiger partial charge is 1.00 e. The van der Waals surface area contributed by atoms with Gasteiger partial charge < -0.3 is 22.1 Å². The maximum absolute atomic E-state index is 10.1. The molecule has 0 aromatic heterocycles. The first kappa shape index (κ1) is 15.7. The minimum Gasteiger partial charge on any atom is -1.00 e. The fourth-order valence-electron chi connectivity index (χ4n) is 0. The molecule has 1 nitrogen and oxygen atoms in total. The second-order valence-electron chi connectivity index (χ2n) is 2.11. The SMILES string of the molecule is CC(C)(C)[O-].[Br-].[Mg+2]. The number of hydrogen-bond acceptors (Lipinski definition) is 1. The van der Waals surface area contributed by atoms with Crippen molar-refractivity contribution in [1.82, 2.24) is 0 Å². The summed E-state index contributed by atoms with van der Waals surface area (Å²) in [4.78, 5) is 0. The van der Waals surface area contributed by atoms with Gasteiger partial charge in [0.05, 0.1) is 0 Å². The third-order valence-corrected chi connectivity index (χ3v) is 0. The van der Waals surface area contributed by atoms with Crippen LogP contribution < -0.4 is 22.1 Å². The molecule has 0 unspecified atom stereocenters. The van der Waals surface area contributed by atoms with Gasteiger partial charge in [-0.1, -0.05) is 20.8 Å². The normalized spacial score (nSPS) is 8.57. The molecule has 0 spiro atoms. The van der Waals surface area contributed by atoms with Crippen LogP contribution >= 0.6 is 0 Å². The first-order valence-corrected chi connectivity index (χ1v) is 1.70. The quantitative estimate of drug-likeness (QED) is 0.357. The van der Waals surface area contributed by atoms with Crippen molar-refractivity contribution in [3.63, 3.8) is 0 Å². The molecule has 0 amide bonds. The van der Waals surface area contributed by atoms with Gasteiger partial charge in [0.1, 0.15) is 0 Å². The van der Waals surface area contributed by atoms with Crippen LogP contribution in [0, 0.1) is 0 Å². The molecule has 0 radical (unpaired) electrons. The van der Waals surface area contributed by atoms with Crippen LogP contribution in [0.3, 0.4) is 0 Å². The van der Waals surface area contributed by atoms with Crippen LogP contribution in [0.4, 0.5) is 0 Å². The van der Waals surface area contributed by atoms with E-state index in [1.807, 2.05) is 0 Å².